The van der Waals surface area contributed by atoms with E-state index in [0.29, 0.717) is 5.56 Å². The Morgan fingerprint density at radius 2 is 1.94 bits per heavy atom. The molecular formula is C11H10Cl2F3NO. The van der Waals surface area contributed by atoms with Gasteiger partial charge in [-0.05, 0) is 36.2 Å². The minimum atomic E-state index is -4.44. The Balaban J connectivity index is 3.10. The molecule has 0 saturated carbocycles. The van der Waals surface area contributed by atoms with Crippen molar-refractivity contribution < 1.29 is 18.0 Å². The van der Waals surface area contributed by atoms with Crippen LogP contribution in [0.2, 0.25) is 5.02 Å². The Hall–Kier alpha value is -0.940. The van der Waals surface area contributed by atoms with Gasteiger partial charge in [0, 0.05) is 12.1 Å². The second-order valence-electron chi connectivity index (χ2n) is 3.77. The molecule has 1 aromatic rings. The number of amides is 1. The van der Waals surface area contributed by atoms with Crippen LogP contribution < -0.4 is 0 Å². The Labute approximate surface area is 112 Å². The first-order valence-electron chi connectivity index (χ1n) is 4.93. The molecule has 2 nitrogen and oxygen atoms in total. The van der Waals surface area contributed by atoms with Crippen molar-refractivity contribution in [3.8, 4) is 0 Å². The van der Waals surface area contributed by atoms with E-state index in [2.05, 4.69) is 0 Å². The van der Waals surface area contributed by atoms with Crippen molar-refractivity contribution in [3.63, 3.8) is 0 Å². The quantitative estimate of drug-likeness (QED) is 0.572. The molecule has 0 bridgehead atoms. The van der Waals surface area contributed by atoms with Crippen LogP contribution in [0.15, 0.2) is 18.2 Å². The highest BCUT2D eigenvalue weighted by Crippen LogP contribution is 2.34. The first-order valence-corrected chi connectivity index (χ1v) is 5.69. The number of rotatable bonds is 2. The lowest BCUT2D eigenvalue weighted by Gasteiger charge is -2.24. The summed E-state index contributed by atoms with van der Waals surface area (Å²) >= 11 is 11.1. The SMILES string of the molecule is C[C@@H](c1ccc(C(F)(F)F)cc1Cl)N(C)C(=O)Cl. The van der Waals surface area contributed by atoms with Gasteiger partial charge in [-0.15, -0.1) is 0 Å². The molecule has 0 aliphatic carbocycles. The van der Waals surface area contributed by atoms with Crippen molar-refractivity contribution in [3.05, 3.63) is 34.3 Å². The van der Waals surface area contributed by atoms with E-state index in [9.17, 15) is 18.0 Å². The highest BCUT2D eigenvalue weighted by molar-refractivity contribution is 6.62. The van der Waals surface area contributed by atoms with Gasteiger partial charge in [0.1, 0.15) is 0 Å². The van der Waals surface area contributed by atoms with E-state index >= 15 is 0 Å². The lowest BCUT2D eigenvalue weighted by molar-refractivity contribution is -0.137. The van der Waals surface area contributed by atoms with Crippen molar-refractivity contribution in [2.75, 3.05) is 7.05 Å². The summed E-state index contributed by atoms with van der Waals surface area (Å²) in [4.78, 5) is 12.1. The number of hydrogen-bond donors (Lipinski definition) is 0. The van der Waals surface area contributed by atoms with Crippen LogP contribution in [0, 0.1) is 0 Å². The van der Waals surface area contributed by atoms with E-state index in [0.717, 1.165) is 12.1 Å². The van der Waals surface area contributed by atoms with Crippen LogP contribution in [0.1, 0.15) is 24.1 Å². The third-order valence-electron chi connectivity index (χ3n) is 2.64. The maximum Gasteiger partial charge on any atom is 0.416 e. The van der Waals surface area contributed by atoms with Gasteiger partial charge in [0.25, 0.3) is 0 Å². The van der Waals surface area contributed by atoms with Crippen LogP contribution in [-0.2, 0) is 6.18 Å². The Morgan fingerprint density at radius 3 is 2.33 bits per heavy atom. The molecule has 18 heavy (non-hydrogen) atoms. The molecule has 1 rings (SSSR count). The van der Waals surface area contributed by atoms with Gasteiger partial charge in [0.15, 0.2) is 0 Å². The number of alkyl halides is 3. The predicted octanol–water partition coefficient (Wildman–Crippen LogP) is 4.71. The second-order valence-corrected chi connectivity index (χ2v) is 4.50. The third-order valence-corrected chi connectivity index (χ3v) is 3.23. The van der Waals surface area contributed by atoms with Crippen molar-refractivity contribution >= 4 is 28.6 Å². The van der Waals surface area contributed by atoms with Crippen molar-refractivity contribution in [2.24, 2.45) is 0 Å². The van der Waals surface area contributed by atoms with Crippen LogP contribution in [0.3, 0.4) is 0 Å². The molecule has 0 radical (unpaired) electrons. The van der Waals surface area contributed by atoms with Gasteiger partial charge in [-0.2, -0.15) is 13.2 Å². The molecule has 0 saturated heterocycles. The average Bonchev–Trinajstić information content (AvgIpc) is 2.25. The molecule has 0 heterocycles. The van der Waals surface area contributed by atoms with E-state index in [1.54, 1.807) is 6.92 Å². The summed E-state index contributed by atoms with van der Waals surface area (Å²) in [7, 11) is 1.44. The molecule has 0 N–H and O–H groups in total. The standard InChI is InChI=1S/C11H10Cl2F3NO/c1-6(17(2)10(13)18)8-4-3-7(5-9(8)12)11(14,15)16/h3-6H,1-2H3/t6-/m0/s1. The lowest BCUT2D eigenvalue weighted by Crippen LogP contribution is -2.25. The summed E-state index contributed by atoms with van der Waals surface area (Å²) < 4.78 is 37.3. The molecule has 7 heteroatoms. The summed E-state index contributed by atoms with van der Waals surface area (Å²) in [6.45, 7) is 1.62. The molecule has 0 spiro atoms. The monoisotopic (exact) mass is 299 g/mol. The van der Waals surface area contributed by atoms with E-state index in [-0.39, 0.29) is 5.02 Å². The largest absolute Gasteiger partial charge is 0.416 e. The zero-order valence-corrected chi connectivity index (χ0v) is 11.1. The van der Waals surface area contributed by atoms with Gasteiger partial charge in [-0.1, -0.05) is 17.7 Å². The van der Waals surface area contributed by atoms with Crippen LogP contribution in [-0.4, -0.2) is 17.3 Å². The first kappa shape index (κ1) is 15.1. The molecule has 1 atom stereocenters. The lowest BCUT2D eigenvalue weighted by atomic mass is 10.0. The number of nitrogens with zero attached hydrogens (tertiary/aromatic N) is 1. The van der Waals surface area contributed by atoms with Gasteiger partial charge in [0.05, 0.1) is 11.6 Å². The fourth-order valence-corrected chi connectivity index (χ4v) is 1.89. The smallest absolute Gasteiger partial charge is 0.325 e. The van der Waals surface area contributed by atoms with E-state index < -0.39 is 23.1 Å². The molecule has 0 fully saturated rings. The van der Waals surface area contributed by atoms with Gasteiger partial charge >= 0.3 is 11.5 Å². The Morgan fingerprint density at radius 1 is 1.39 bits per heavy atom. The van der Waals surface area contributed by atoms with Gasteiger partial charge < -0.3 is 4.90 Å². The fourth-order valence-electron chi connectivity index (χ4n) is 1.40. The van der Waals surface area contributed by atoms with Crippen molar-refractivity contribution in [1.29, 1.82) is 0 Å². The molecule has 1 amide bonds. The number of benzene rings is 1. The topological polar surface area (TPSA) is 20.3 Å². The number of carbonyl (C=O) groups excluding carboxylic acids is 1. The molecule has 0 aromatic heterocycles. The second kappa shape index (κ2) is 5.36. The molecule has 0 aliphatic rings. The maximum absolute atomic E-state index is 12.4. The number of hydrogen-bond acceptors (Lipinski definition) is 1. The highest BCUT2D eigenvalue weighted by Gasteiger charge is 2.31. The zero-order valence-electron chi connectivity index (χ0n) is 9.55. The summed E-state index contributed by atoms with van der Waals surface area (Å²) in [5.41, 5.74) is -0.426. The number of carbonyl (C=O) groups is 1. The molecule has 0 aliphatic heterocycles. The highest BCUT2D eigenvalue weighted by atomic mass is 35.5. The van der Waals surface area contributed by atoms with Crippen LogP contribution >= 0.6 is 23.2 Å². The number of halogens is 5. The Bertz CT molecular complexity index is 462. The predicted molar refractivity (Wildman–Crippen MR) is 63.9 cm³/mol. The summed E-state index contributed by atoms with van der Waals surface area (Å²) in [5.74, 6) is 0. The van der Waals surface area contributed by atoms with Crippen LogP contribution in [0.25, 0.3) is 0 Å². The fraction of sp³-hybridized carbons (Fsp3) is 0.364. The van der Waals surface area contributed by atoms with Crippen molar-refractivity contribution in [2.45, 2.75) is 19.1 Å². The first-order chi connectivity index (χ1) is 8.14. The summed E-state index contributed by atoms with van der Waals surface area (Å²) in [6, 6.07) is 2.49. The maximum atomic E-state index is 12.4. The molecule has 1 aromatic carbocycles. The van der Waals surface area contributed by atoms with Gasteiger partial charge in [0.2, 0.25) is 0 Å². The minimum Gasteiger partial charge on any atom is -0.325 e. The average molecular weight is 300 g/mol. The van der Waals surface area contributed by atoms with E-state index in [4.69, 9.17) is 23.2 Å². The molecule has 100 valence electrons. The van der Waals surface area contributed by atoms with E-state index in [1.807, 2.05) is 0 Å². The molecule has 0 unspecified atom stereocenters. The molecular weight excluding hydrogens is 290 g/mol. The third kappa shape index (κ3) is 3.29. The zero-order chi connectivity index (χ0) is 14.1. The summed E-state index contributed by atoms with van der Waals surface area (Å²) in [5, 5.41) is -0.763. The minimum absolute atomic E-state index is 0.0536. The van der Waals surface area contributed by atoms with Gasteiger partial charge in [-0.25, -0.2) is 0 Å². The van der Waals surface area contributed by atoms with Gasteiger partial charge in [-0.3, -0.25) is 4.79 Å². The van der Waals surface area contributed by atoms with Crippen molar-refractivity contribution in [1.82, 2.24) is 4.90 Å². The normalized spacial score (nSPS) is 13.3. The Kier molecular flexibility index (Phi) is 4.50. The van der Waals surface area contributed by atoms with E-state index in [1.165, 1.54) is 18.0 Å². The summed E-state index contributed by atoms with van der Waals surface area (Å²) in [6.07, 6.45) is -4.44. The van der Waals surface area contributed by atoms with Crippen LogP contribution in [0.4, 0.5) is 18.0 Å². The van der Waals surface area contributed by atoms with Crippen LogP contribution in [0.5, 0.6) is 0 Å².